The van der Waals surface area contributed by atoms with Crippen LogP contribution in [0.1, 0.15) is 21.6 Å². The van der Waals surface area contributed by atoms with Crippen molar-refractivity contribution < 1.29 is 23.1 Å². The van der Waals surface area contributed by atoms with Crippen molar-refractivity contribution in [3.05, 3.63) is 87.7 Å². The van der Waals surface area contributed by atoms with Crippen LogP contribution in [0.2, 0.25) is 10.0 Å². The van der Waals surface area contributed by atoms with Gasteiger partial charge in [-0.2, -0.15) is 18.3 Å². The molecule has 2 aromatic heterocycles. The third kappa shape index (κ3) is 4.71. The van der Waals surface area contributed by atoms with Gasteiger partial charge in [-0.1, -0.05) is 23.2 Å². The Balaban J connectivity index is 1.77. The summed E-state index contributed by atoms with van der Waals surface area (Å²) in [6, 6.07) is 12.9. The van der Waals surface area contributed by atoms with E-state index in [-0.39, 0.29) is 22.3 Å². The molecule has 0 aliphatic heterocycles. The van der Waals surface area contributed by atoms with Crippen LogP contribution < -0.4 is 5.32 Å². The quantitative estimate of drug-likeness (QED) is 0.330. The number of nitrogens with one attached hydrogen (secondary N) is 1. The predicted octanol–water partition coefficient (Wildman–Crippen LogP) is 6.53. The van der Waals surface area contributed by atoms with Crippen molar-refractivity contribution in [3.63, 3.8) is 0 Å². The number of hydrogen-bond acceptors (Lipinski definition) is 4. The van der Waals surface area contributed by atoms with Gasteiger partial charge in [0.1, 0.15) is 11.6 Å². The molecule has 0 saturated heterocycles. The van der Waals surface area contributed by atoms with Crippen LogP contribution in [-0.4, -0.2) is 25.8 Å². The summed E-state index contributed by atoms with van der Waals surface area (Å²) < 4.78 is 39.8. The fourth-order valence-electron chi connectivity index (χ4n) is 3.31. The molecule has 0 atom stereocenters. The van der Waals surface area contributed by atoms with Crippen LogP contribution >= 0.6 is 23.2 Å². The molecule has 11 heteroatoms. The molecular formula is C23H15Cl2F3N4O2. The summed E-state index contributed by atoms with van der Waals surface area (Å²) in [4.78, 5) is 16.7. The fraction of sp³-hybridized carbons (Fsp3) is 0.0870. The maximum absolute atomic E-state index is 13.0. The van der Waals surface area contributed by atoms with E-state index in [2.05, 4.69) is 15.4 Å². The molecule has 0 aliphatic carbocycles. The molecule has 0 saturated carbocycles. The van der Waals surface area contributed by atoms with Gasteiger partial charge in [0.25, 0.3) is 5.91 Å². The average Bonchev–Trinajstić information content (AvgIpc) is 3.11. The van der Waals surface area contributed by atoms with E-state index in [1.807, 2.05) is 0 Å². The van der Waals surface area contributed by atoms with E-state index in [1.165, 1.54) is 22.9 Å². The highest BCUT2D eigenvalue weighted by Gasteiger charge is 2.31. The SMILES string of the molecule is Cc1c(C(=O)Nc2ccc(C(F)(F)F)cn2)nn(-c2ccc(Cl)cc2Cl)c1-c1ccc(O)cc1. The molecule has 0 spiro atoms. The Hall–Kier alpha value is -3.56. The molecule has 2 N–H and O–H groups in total. The van der Waals surface area contributed by atoms with Gasteiger partial charge in [0.15, 0.2) is 5.69 Å². The molecule has 0 unspecified atom stereocenters. The number of pyridine rings is 1. The monoisotopic (exact) mass is 506 g/mol. The molecule has 174 valence electrons. The maximum Gasteiger partial charge on any atom is 0.417 e. The van der Waals surface area contributed by atoms with Gasteiger partial charge in [0.2, 0.25) is 0 Å². The smallest absolute Gasteiger partial charge is 0.417 e. The third-order valence-electron chi connectivity index (χ3n) is 4.95. The number of phenolic OH excluding ortho intramolecular Hbond substituents is 1. The Morgan fingerprint density at radius 2 is 1.76 bits per heavy atom. The lowest BCUT2D eigenvalue weighted by molar-refractivity contribution is -0.137. The Kier molecular flexibility index (Phi) is 6.24. The number of carbonyl (C=O) groups excluding carboxylic acids is 1. The number of carbonyl (C=O) groups is 1. The number of benzene rings is 2. The van der Waals surface area contributed by atoms with Crippen molar-refractivity contribution >= 4 is 34.9 Å². The molecule has 34 heavy (non-hydrogen) atoms. The first-order valence-electron chi connectivity index (χ1n) is 9.73. The van der Waals surface area contributed by atoms with E-state index in [4.69, 9.17) is 23.2 Å². The largest absolute Gasteiger partial charge is 0.508 e. The molecule has 6 nitrogen and oxygen atoms in total. The van der Waals surface area contributed by atoms with Gasteiger partial charge < -0.3 is 10.4 Å². The van der Waals surface area contributed by atoms with Crippen molar-refractivity contribution in [2.75, 3.05) is 5.32 Å². The standard InChI is InChI=1S/C23H15Cl2F3N4O2/c1-12-20(22(34)30-19-9-4-14(11-29-19)23(26,27)28)31-32(18-8-5-15(24)10-17(18)25)21(12)13-2-6-16(33)7-3-13/h2-11,33H,1H3,(H,29,30,34). The Labute approximate surface area is 201 Å². The first-order chi connectivity index (χ1) is 16.0. The second kappa shape index (κ2) is 9.00. The van der Waals surface area contributed by atoms with Gasteiger partial charge >= 0.3 is 6.18 Å². The van der Waals surface area contributed by atoms with Crippen LogP contribution in [-0.2, 0) is 6.18 Å². The van der Waals surface area contributed by atoms with Crippen LogP contribution in [0.4, 0.5) is 19.0 Å². The lowest BCUT2D eigenvalue weighted by Gasteiger charge is -2.11. The van der Waals surface area contributed by atoms with E-state index < -0.39 is 17.6 Å². The Bertz CT molecular complexity index is 1370. The molecule has 0 aliphatic rings. The second-order valence-electron chi connectivity index (χ2n) is 7.26. The summed E-state index contributed by atoms with van der Waals surface area (Å²) in [5.41, 5.74) is 1.16. The van der Waals surface area contributed by atoms with Gasteiger partial charge in [-0.15, -0.1) is 0 Å². The molecule has 0 radical (unpaired) electrons. The molecule has 1 amide bonds. The van der Waals surface area contributed by atoms with Gasteiger partial charge in [-0.25, -0.2) is 9.67 Å². The average molecular weight is 507 g/mol. The number of phenols is 1. The highest BCUT2D eigenvalue weighted by atomic mass is 35.5. The van der Waals surface area contributed by atoms with Crippen molar-refractivity contribution in [3.8, 4) is 22.7 Å². The van der Waals surface area contributed by atoms with Crippen molar-refractivity contribution in [1.82, 2.24) is 14.8 Å². The Morgan fingerprint density at radius 1 is 1.06 bits per heavy atom. The third-order valence-corrected chi connectivity index (χ3v) is 5.49. The Morgan fingerprint density at radius 3 is 2.35 bits per heavy atom. The van der Waals surface area contributed by atoms with Gasteiger partial charge in [-0.3, -0.25) is 4.79 Å². The summed E-state index contributed by atoms with van der Waals surface area (Å²) >= 11 is 12.4. The molecular weight excluding hydrogens is 492 g/mol. The van der Waals surface area contributed by atoms with E-state index in [1.54, 1.807) is 31.2 Å². The van der Waals surface area contributed by atoms with Crippen LogP contribution in [0, 0.1) is 6.92 Å². The topological polar surface area (TPSA) is 80.0 Å². The summed E-state index contributed by atoms with van der Waals surface area (Å²) in [5, 5.41) is 17.3. The van der Waals surface area contributed by atoms with Crippen molar-refractivity contribution in [2.24, 2.45) is 0 Å². The fourth-order valence-corrected chi connectivity index (χ4v) is 3.80. The minimum atomic E-state index is -4.54. The summed E-state index contributed by atoms with van der Waals surface area (Å²) in [7, 11) is 0. The summed E-state index contributed by atoms with van der Waals surface area (Å²) in [6.07, 6.45) is -3.90. The molecule has 4 aromatic rings. The lowest BCUT2D eigenvalue weighted by Crippen LogP contribution is -2.15. The number of amides is 1. The number of aromatic nitrogens is 3. The molecule has 2 heterocycles. The number of anilines is 1. The highest BCUT2D eigenvalue weighted by molar-refractivity contribution is 6.35. The van der Waals surface area contributed by atoms with Gasteiger partial charge in [0.05, 0.1) is 22.0 Å². The lowest BCUT2D eigenvalue weighted by atomic mass is 10.1. The van der Waals surface area contributed by atoms with E-state index >= 15 is 0 Å². The number of alkyl halides is 3. The number of nitrogens with zero attached hydrogens (tertiary/aromatic N) is 3. The van der Waals surface area contributed by atoms with Crippen LogP contribution in [0.15, 0.2) is 60.8 Å². The van der Waals surface area contributed by atoms with Crippen molar-refractivity contribution in [2.45, 2.75) is 13.1 Å². The predicted molar refractivity (Wildman–Crippen MR) is 123 cm³/mol. The van der Waals surface area contributed by atoms with Crippen LogP contribution in [0.25, 0.3) is 16.9 Å². The van der Waals surface area contributed by atoms with Crippen molar-refractivity contribution in [1.29, 1.82) is 0 Å². The number of aromatic hydroxyl groups is 1. The zero-order valence-electron chi connectivity index (χ0n) is 17.4. The summed E-state index contributed by atoms with van der Waals surface area (Å²) in [5.74, 6) is -0.681. The second-order valence-corrected chi connectivity index (χ2v) is 8.10. The van der Waals surface area contributed by atoms with Gasteiger partial charge in [-0.05, 0) is 61.5 Å². The molecule has 0 bridgehead atoms. The maximum atomic E-state index is 13.0. The normalized spacial score (nSPS) is 11.5. The number of hydrogen-bond donors (Lipinski definition) is 2. The molecule has 0 fully saturated rings. The molecule has 2 aromatic carbocycles. The van der Waals surface area contributed by atoms with E-state index in [0.717, 1.165) is 12.1 Å². The minimum absolute atomic E-state index is 0.00999. The zero-order valence-corrected chi connectivity index (χ0v) is 18.9. The summed E-state index contributed by atoms with van der Waals surface area (Å²) in [6.45, 7) is 1.67. The zero-order chi connectivity index (χ0) is 24.6. The van der Waals surface area contributed by atoms with Gasteiger partial charge in [0, 0.05) is 22.3 Å². The van der Waals surface area contributed by atoms with Crippen LogP contribution in [0.5, 0.6) is 5.75 Å². The van der Waals surface area contributed by atoms with E-state index in [9.17, 15) is 23.1 Å². The minimum Gasteiger partial charge on any atom is -0.508 e. The highest BCUT2D eigenvalue weighted by Crippen LogP contribution is 2.34. The number of halogens is 5. The van der Waals surface area contributed by atoms with E-state index in [0.29, 0.717) is 33.7 Å². The molecule has 4 rings (SSSR count). The first kappa shape index (κ1) is 23.6. The first-order valence-corrected chi connectivity index (χ1v) is 10.5. The number of rotatable bonds is 4. The van der Waals surface area contributed by atoms with Crippen LogP contribution in [0.3, 0.4) is 0 Å².